The molecule has 0 aliphatic rings. The molecule has 0 spiro atoms. The fourth-order valence-electron chi connectivity index (χ4n) is 2.03. The average molecular weight is 333 g/mol. The van der Waals surface area contributed by atoms with E-state index in [1.165, 1.54) is 19.1 Å². The summed E-state index contributed by atoms with van der Waals surface area (Å²) in [5.74, 6) is -1.36. The number of halogens is 1. The van der Waals surface area contributed by atoms with Crippen molar-refractivity contribution in [2.24, 2.45) is 0 Å². The quantitative estimate of drug-likeness (QED) is 0.574. The van der Waals surface area contributed by atoms with Gasteiger partial charge in [0, 0.05) is 25.2 Å². The molecule has 0 amide bonds. The molecule has 2 rings (SSSR count). The Morgan fingerprint density at radius 2 is 2.00 bits per heavy atom. The smallest absolute Gasteiger partial charge is 0.308 e. The highest BCUT2D eigenvalue weighted by atomic mass is 19.1. The minimum Gasteiger partial charge on any atom is -0.424 e. The Balaban J connectivity index is 1.74. The first-order valence-electron chi connectivity index (χ1n) is 7.56. The third kappa shape index (κ3) is 5.98. The summed E-state index contributed by atoms with van der Waals surface area (Å²) in [6.07, 6.45) is -0.732. The molecule has 2 aromatic carbocycles. The van der Waals surface area contributed by atoms with Crippen molar-refractivity contribution in [3.05, 3.63) is 59.9 Å². The van der Waals surface area contributed by atoms with Crippen LogP contribution in [0.5, 0.6) is 5.75 Å². The average Bonchev–Trinajstić information content (AvgIpc) is 2.56. The molecular weight excluding hydrogens is 313 g/mol. The second kappa shape index (κ2) is 9.00. The molecule has 6 heteroatoms. The monoisotopic (exact) mass is 333 g/mol. The maximum atomic E-state index is 13.7. The van der Waals surface area contributed by atoms with E-state index in [1.807, 2.05) is 30.3 Å². The number of benzene rings is 2. The predicted octanol–water partition coefficient (Wildman–Crippen LogP) is 2.74. The first-order chi connectivity index (χ1) is 11.5. The van der Waals surface area contributed by atoms with Crippen LogP contribution < -0.4 is 10.1 Å². The lowest BCUT2D eigenvalue weighted by atomic mass is 10.2. The number of nitrogens with one attached hydrogen (secondary N) is 1. The van der Waals surface area contributed by atoms with Crippen LogP contribution in [0, 0.1) is 5.82 Å². The van der Waals surface area contributed by atoms with Crippen LogP contribution in [0.15, 0.2) is 48.5 Å². The first-order valence-corrected chi connectivity index (χ1v) is 7.56. The van der Waals surface area contributed by atoms with Gasteiger partial charge in [0.15, 0.2) is 11.6 Å². The number of carbonyl (C=O) groups is 1. The van der Waals surface area contributed by atoms with E-state index < -0.39 is 17.9 Å². The van der Waals surface area contributed by atoms with Crippen LogP contribution >= 0.6 is 0 Å². The van der Waals surface area contributed by atoms with Crippen LogP contribution in [0.2, 0.25) is 0 Å². The van der Waals surface area contributed by atoms with Crippen molar-refractivity contribution in [3.63, 3.8) is 0 Å². The van der Waals surface area contributed by atoms with Crippen molar-refractivity contribution in [3.8, 4) is 5.75 Å². The highest BCUT2D eigenvalue weighted by Gasteiger charge is 2.09. The Hall–Kier alpha value is -2.44. The summed E-state index contributed by atoms with van der Waals surface area (Å²) in [5, 5.41) is 12.8. The number of hydrogen-bond donors (Lipinski definition) is 2. The number of ether oxygens (including phenoxy) is 2. The number of aliphatic hydroxyl groups excluding tert-OH is 1. The van der Waals surface area contributed by atoms with Gasteiger partial charge in [-0.3, -0.25) is 4.79 Å². The lowest BCUT2D eigenvalue weighted by Gasteiger charge is -2.14. The van der Waals surface area contributed by atoms with Crippen molar-refractivity contribution in [2.75, 3.05) is 18.5 Å². The largest absolute Gasteiger partial charge is 0.424 e. The summed E-state index contributed by atoms with van der Waals surface area (Å²) >= 11 is 0. The predicted molar refractivity (Wildman–Crippen MR) is 88.3 cm³/mol. The molecule has 2 aromatic rings. The number of anilines is 1. The van der Waals surface area contributed by atoms with E-state index in [-0.39, 0.29) is 18.9 Å². The third-order valence-corrected chi connectivity index (χ3v) is 3.15. The minimum absolute atomic E-state index is 0.125. The molecule has 128 valence electrons. The van der Waals surface area contributed by atoms with E-state index in [0.717, 1.165) is 5.56 Å². The van der Waals surface area contributed by atoms with Gasteiger partial charge in [0.2, 0.25) is 0 Å². The Labute approximate surface area is 140 Å². The lowest BCUT2D eigenvalue weighted by molar-refractivity contribution is -0.132. The first kappa shape index (κ1) is 17.9. The zero-order valence-corrected chi connectivity index (χ0v) is 13.4. The molecule has 0 saturated carbocycles. The molecule has 0 heterocycles. The number of hydrogen-bond acceptors (Lipinski definition) is 5. The van der Waals surface area contributed by atoms with Crippen LogP contribution in [0.4, 0.5) is 10.1 Å². The highest BCUT2D eigenvalue weighted by molar-refractivity contribution is 5.69. The van der Waals surface area contributed by atoms with Crippen LogP contribution in [0.25, 0.3) is 0 Å². The van der Waals surface area contributed by atoms with Gasteiger partial charge in [-0.05, 0) is 17.7 Å². The molecule has 0 unspecified atom stereocenters. The van der Waals surface area contributed by atoms with E-state index in [0.29, 0.717) is 12.3 Å². The highest BCUT2D eigenvalue weighted by Crippen LogP contribution is 2.21. The van der Waals surface area contributed by atoms with Gasteiger partial charge in [-0.15, -0.1) is 0 Å². The molecular formula is C18H20FNO4. The van der Waals surface area contributed by atoms with Gasteiger partial charge in [0.1, 0.15) is 0 Å². The van der Waals surface area contributed by atoms with Crippen LogP contribution in [0.1, 0.15) is 12.5 Å². The van der Waals surface area contributed by atoms with Crippen molar-refractivity contribution in [2.45, 2.75) is 19.6 Å². The normalized spacial score (nSPS) is 11.8. The fraction of sp³-hybridized carbons (Fsp3) is 0.278. The fourth-order valence-corrected chi connectivity index (χ4v) is 2.03. The van der Waals surface area contributed by atoms with Gasteiger partial charge < -0.3 is 19.9 Å². The zero-order chi connectivity index (χ0) is 17.4. The summed E-state index contributed by atoms with van der Waals surface area (Å²) < 4.78 is 23.9. The molecule has 0 aliphatic heterocycles. The van der Waals surface area contributed by atoms with Gasteiger partial charge in [0.05, 0.1) is 19.3 Å². The van der Waals surface area contributed by atoms with Gasteiger partial charge in [-0.2, -0.15) is 0 Å². The molecule has 2 N–H and O–H groups in total. The molecule has 0 bridgehead atoms. The van der Waals surface area contributed by atoms with Crippen molar-refractivity contribution in [1.82, 2.24) is 0 Å². The van der Waals surface area contributed by atoms with Crippen molar-refractivity contribution in [1.29, 1.82) is 0 Å². The van der Waals surface area contributed by atoms with Crippen molar-refractivity contribution >= 4 is 11.7 Å². The maximum Gasteiger partial charge on any atom is 0.308 e. The molecule has 0 fully saturated rings. The molecule has 5 nitrogen and oxygen atoms in total. The van der Waals surface area contributed by atoms with E-state index in [1.54, 1.807) is 6.07 Å². The molecule has 1 atom stereocenters. The van der Waals surface area contributed by atoms with Gasteiger partial charge in [-0.1, -0.05) is 30.3 Å². The van der Waals surface area contributed by atoms with Crippen molar-refractivity contribution < 1.29 is 23.8 Å². The number of esters is 1. The SMILES string of the molecule is CC(=O)Oc1ccc(NC[C@@H](O)COCc2ccccc2)cc1F. The van der Waals surface area contributed by atoms with E-state index >= 15 is 0 Å². The molecule has 0 aliphatic carbocycles. The lowest BCUT2D eigenvalue weighted by Crippen LogP contribution is -2.24. The van der Waals surface area contributed by atoms with Crippen LogP contribution in [-0.2, 0) is 16.1 Å². The van der Waals surface area contributed by atoms with Crippen LogP contribution in [-0.4, -0.2) is 30.3 Å². The van der Waals surface area contributed by atoms with E-state index in [4.69, 9.17) is 9.47 Å². The molecule has 0 radical (unpaired) electrons. The number of rotatable bonds is 8. The Bertz CT molecular complexity index is 663. The van der Waals surface area contributed by atoms with E-state index in [2.05, 4.69) is 5.32 Å². The third-order valence-electron chi connectivity index (χ3n) is 3.15. The Morgan fingerprint density at radius 1 is 1.25 bits per heavy atom. The summed E-state index contributed by atoms with van der Waals surface area (Å²) in [7, 11) is 0. The molecule has 24 heavy (non-hydrogen) atoms. The topological polar surface area (TPSA) is 67.8 Å². The molecule has 0 saturated heterocycles. The second-order valence-electron chi connectivity index (χ2n) is 5.27. The standard InChI is InChI=1S/C18H20FNO4/c1-13(21)24-18-8-7-15(9-17(18)19)20-10-16(22)12-23-11-14-5-3-2-4-6-14/h2-9,16,20,22H,10-12H2,1H3/t16-/m1/s1. The van der Waals surface area contributed by atoms with Gasteiger partial charge in [-0.25, -0.2) is 4.39 Å². The van der Waals surface area contributed by atoms with Gasteiger partial charge in [0.25, 0.3) is 0 Å². The molecule has 0 aromatic heterocycles. The summed E-state index contributed by atoms with van der Waals surface area (Å²) in [5.41, 5.74) is 1.51. The summed E-state index contributed by atoms with van der Waals surface area (Å²) in [6, 6.07) is 13.8. The van der Waals surface area contributed by atoms with Gasteiger partial charge >= 0.3 is 5.97 Å². The summed E-state index contributed by atoms with van der Waals surface area (Å²) in [4.78, 5) is 10.8. The number of aliphatic hydroxyl groups is 1. The maximum absolute atomic E-state index is 13.7. The van der Waals surface area contributed by atoms with E-state index in [9.17, 15) is 14.3 Å². The van der Waals surface area contributed by atoms with Crippen LogP contribution in [0.3, 0.4) is 0 Å². The Kier molecular flexibility index (Phi) is 6.72. The zero-order valence-electron chi connectivity index (χ0n) is 13.4. The summed E-state index contributed by atoms with van der Waals surface area (Å²) in [6.45, 7) is 2.00. The number of carbonyl (C=O) groups excluding carboxylic acids is 1. The second-order valence-corrected chi connectivity index (χ2v) is 5.27. The Morgan fingerprint density at radius 3 is 2.67 bits per heavy atom. The minimum atomic E-state index is -0.732.